The summed E-state index contributed by atoms with van der Waals surface area (Å²) < 4.78 is 0. The van der Waals surface area contributed by atoms with Crippen molar-refractivity contribution in [1.29, 1.82) is 0 Å². The summed E-state index contributed by atoms with van der Waals surface area (Å²) in [6, 6.07) is -0.928. The third kappa shape index (κ3) is 14.7. The molecule has 0 aromatic carbocycles. The molecule has 0 saturated heterocycles. The van der Waals surface area contributed by atoms with Crippen LogP contribution in [0.25, 0.3) is 0 Å². The summed E-state index contributed by atoms with van der Waals surface area (Å²) in [4.78, 5) is 32.4. The first-order valence-corrected chi connectivity index (χ1v) is 9.85. The number of nitrogens with one attached hydrogen (secondary N) is 1. The topological polar surface area (TPSA) is 124 Å². The number of carbonyl (C=O) groups excluding carboxylic acids is 1. The summed E-state index contributed by atoms with van der Waals surface area (Å²) >= 11 is 1.38. The van der Waals surface area contributed by atoms with E-state index in [1.165, 1.54) is 18.7 Å². The fraction of sp³-hybridized carbons (Fsp3) is 0.824. The van der Waals surface area contributed by atoms with Crippen molar-refractivity contribution in [1.82, 2.24) is 5.32 Å². The van der Waals surface area contributed by atoms with Crippen molar-refractivity contribution in [3.8, 4) is 0 Å². The number of thioether (sulfide) groups is 1. The summed E-state index contributed by atoms with van der Waals surface area (Å²) in [5.74, 6) is -1.95. The quantitative estimate of drug-likeness (QED) is 0.304. The van der Waals surface area contributed by atoms with Gasteiger partial charge in [0.05, 0.1) is 6.61 Å². The van der Waals surface area contributed by atoms with Gasteiger partial charge < -0.3 is 20.6 Å². The maximum absolute atomic E-state index is 11.1. The molecule has 0 heterocycles. The fourth-order valence-electron chi connectivity index (χ4n) is 2.41. The molecule has 0 aliphatic carbocycles. The monoisotopic (exact) mass is 377 g/mol. The molecule has 1 amide bonds. The van der Waals surface area contributed by atoms with Crippen LogP contribution in [-0.2, 0) is 14.4 Å². The molecule has 0 aliphatic heterocycles. The first kappa shape index (κ1) is 23.7. The van der Waals surface area contributed by atoms with Gasteiger partial charge >= 0.3 is 11.9 Å². The Hall–Kier alpha value is -1.28. The van der Waals surface area contributed by atoms with Gasteiger partial charge in [-0.05, 0) is 12.8 Å². The highest BCUT2D eigenvalue weighted by Crippen LogP contribution is 2.19. The zero-order chi connectivity index (χ0) is 19.1. The van der Waals surface area contributed by atoms with Crippen molar-refractivity contribution >= 4 is 29.6 Å². The van der Waals surface area contributed by atoms with E-state index >= 15 is 0 Å². The van der Waals surface area contributed by atoms with E-state index in [-0.39, 0.29) is 29.9 Å². The van der Waals surface area contributed by atoms with Crippen LogP contribution in [0.3, 0.4) is 0 Å². The molecule has 2 atom stereocenters. The number of amides is 1. The Bertz CT molecular complexity index is 405. The second-order valence-electron chi connectivity index (χ2n) is 6.14. The van der Waals surface area contributed by atoms with Gasteiger partial charge in [0, 0.05) is 24.3 Å². The van der Waals surface area contributed by atoms with Crippen LogP contribution in [0, 0.1) is 0 Å². The molecule has 0 aromatic heterocycles. The number of hydrogen-bond acceptors (Lipinski definition) is 5. The number of carboxylic acid groups (broad SMARTS) is 2. The van der Waals surface area contributed by atoms with Gasteiger partial charge in [0.15, 0.2) is 0 Å². The number of hydrogen-bond donors (Lipinski definition) is 4. The highest BCUT2D eigenvalue weighted by atomic mass is 32.2. The zero-order valence-electron chi connectivity index (χ0n) is 14.9. The van der Waals surface area contributed by atoms with Crippen molar-refractivity contribution in [3.63, 3.8) is 0 Å². The number of aliphatic hydroxyl groups is 1. The Morgan fingerprint density at radius 1 is 0.960 bits per heavy atom. The number of aliphatic carboxylic acids is 2. The van der Waals surface area contributed by atoms with Gasteiger partial charge in [-0.1, -0.05) is 38.5 Å². The van der Waals surface area contributed by atoms with Crippen molar-refractivity contribution in [2.75, 3.05) is 12.4 Å². The van der Waals surface area contributed by atoms with Gasteiger partial charge in [-0.25, -0.2) is 4.79 Å². The molecule has 8 heteroatoms. The lowest BCUT2D eigenvalue weighted by Gasteiger charge is -2.17. The Labute approximate surface area is 153 Å². The highest BCUT2D eigenvalue weighted by Gasteiger charge is 2.20. The Balaban J connectivity index is 3.75. The van der Waals surface area contributed by atoms with Gasteiger partial charge in [0.2, 0.25) is 5.91 Å². The summed E-state index contributed by atoms with van der Waals surface area (Å²) in [7, 11) is 0. The first-order valence-electron chi connectivity index (χ1n) is 8.81. The minimum absolute atomic E-state index is 0.00767. The number of unbranched alkanes of at least 4 members (excludes halogenated alkanes) is 6. The minimum atomic E-state index is -1.07. The van der Waals surface area contributed by atoms with Crippen LogP contribution in [0.2, 0.25) is 0 Å². The molecule has 25 heavy (non-hydrogen) atoms. The molecule has 146 valence electrons. The average molecular weight is 378 g/mol. The number of rotatable bonds is 16. The number of aliphatic hydroxyl groups excluding tert-OH is 1. The minimum Gasteiger partial charge on any atom is -0.481 e. The predicted octanol–water partition coefficient (Wildman–Crippen LogP) is 2.27. The highest BCUT2D eigenvalue weighted by molar-refractivity contribution is 8.00. The molecular formula is C17H31NO6S. The largest absolute Gasteiger partial charge is 0.481 e. The van der Waals surface area contributed by atoms with E-state index in [0.29, 0.717) is 0 Å². The van der Waals surface area contributed by atoms with Crippen molar-refractivity contribution < 1.29 is 29.7 Å². The average Bonchev–Trinajstić information content (AvgIpc) is 2.53. The Morgan fingerprint density at radius 2 is 1.52 bits per heavy atom. The molecule has 0 spiro atoms. The zero-order valence-corrected chi connectivity index (χ0v) is 15.7. The van der Waals surface area contributed by atoms with E-state index < -0.39 is 18.0 Å². The number of carbonyl (C=O) groups is 3. The molecule has 7 nitrogen and oxygen atoms in total. The van der Waals surface area contributed by atoms with E-state index in [1.807, 2.05) is 0 Å². The van der Waals surface area contributed by atoms with Crippen LogP contribution in [-0.4, -0.2) is 56.8 Å². The van der Waals surface area contributed by atoms with E-state index in [9.17, 15) is 19.5 Å². The van der Waals surface area contributed by atoms with Gasteiger partial charge in [-0.15, -0.1) is 0 Å². The van der Waals surface area contributed by atoms with Crippen LogP contribution in [0.15, 0.2) is 0 Å². The maximum atomic E-state index is 11.1. The molecule has 0 saturated carbocycles. The normalized spacial score (nSPS) is 13.2. The van der Waals surface area contributed by atoms with Crippen LogP contribution >= 0.6 is 11.8 Å². The summed E-state index contributed by atoms with van der Waals surface area (Å²) in [5, 5.41) is 29.4. The van der Waals surface area contributed by atoms with E-state index in [1.54, 1.807) is 0 Å². The van der Waals surface area contributed by atoms with Gasteiger partial charge in [-0.3, -0.25) is 9.59 Å². The molecule has 0 bridgehead atoms. The first-order chi connectivity index (χ1) is 11.9. The van der Waals surface area contributed by atoms with Crippen LogP contribution in [0.1, 0.15) is 64.7 Å². The lowest BCUT2D eigenvalue weighted by Crippen LogP contribution is -2.42. The lowest BCUT2D eigenvalue weighted by atomic mass is 10.1. The SMILES string of the molecule is CC(=O)NC(CSC(CO)CCCCCCCCCC(=O)O)C(=O)O. The summed E-state index contributed by atoms with van der Waals surface area (Å²) in [5.41, 5.74) is 0. The Kier molecular flexibility index (Phi) is 14.2. The molecule has 2 unspecified atom stereocenters. The molecule has 0 radical (unpaired) electrons. The third-order valence-corrected chi connectivity index (χ3v) is 5.18. The van der Waals surface area contributed by atoms with Crippen molar-refractivity contribution in [3.05, 3.63) is 0 Å². The van der Waals surface area contributed by atoms with E-state index in [0.717, 1.165) is 51.4 Å². The smallest absolute Gasteiger partial charge is 0.327 e. The second-order valence-corrected chi connectivity index (χ2v) is 7.47. The van der Waals surface area contributed by atoms with Gasteiger partial charge in [-0.2, -0.15) is 11.8 Å². The maximum Gasteiger partial charge on any atom is 0.327 e. The molecule has 0 rings (SSSR count). The van der Waals surface area contributed by atoms with E-state index in [2.05, 4.69) is 5.32 Å². The predicted molar refractivity (Wildman–Crippen MR) is 97.8 cm³/mol. The van der Waals surface area contributed by atoms with E-state index in [4.69, 9.17) is 10.2 Å². The molecule has 0 fully saturated rings. The fourth-order valence-corrected chi connectivity index (χ4v) is 3.54. The summed E-state index contributed by atoms with van der Waals surface area (Å²) in [6.07, 6.45) is 7.95. The van der Waals surface area contributed by atoms with Crippen molar-refractivity contribution in [2.24, 2.45) is 0 Å². The molecular weight excluding hydrogens is 346 g/mol. The van der Waals surface area contributed by atoms with Crippen LogP contribution < -0.4 is 5.32 Å². The number of carboxylic acids is 2. The standard InChI is InChI=1S/C17H31NO6S/c1-13(20)18-15(17(23)24)12-25-14(11-19)9-7-5-3-2-4-6-8-10-16(21)22/h14-15,19H,2-12H2,1H3,(H,18,20)(H,21,22)(H,23,24). The van der Waals surface area contributed by atoms with Crippen LogP contribution in [0.4, 0.5) is 0 Å². The molecule has 0 aromatic rings. The second kappa shape index (κ2) is 15.0. The van der Waals surface area contributed by atoms with Gasteiger partial charge in [0.1, 0.15) is 6.04 Å². The third-order valence-electron chi connectivity index (χ3n) is 3.79. The Morgan fingerprint density at radius 3 is 2.00 bits per heavy atom. The van der Waals surface area contributed by atoms with Crippen LogP contribution in [0.5, 0.6) is 0 Å². The molecule has 0 aliphatic rings. The molecule has 4 N–H and O–H groups in total. The lowest BCUT2D eigenvalue weighted by molar-refractivity contribution is -0.140. The van der Waals surface area contributed by atoms with Gasteiger partial charge in [0.25, 0.3) is 0 Å². The van der Waals surface area contributed by atoms with Crippen molar-refractivity contribution in [2.45, 2.75) is 76.0 Å². The summed E-state index contributed by atoms with van der Waals surface area (Å²) in [6.45, 7) is 1.28.